The standard InChI is InChI=1S/C71H45N3/c1-44-51-20-7-8-22-53(51)62-39-41-72(68(62)65(44)64-43-47-17-5-6-21-52(47)54-23-9-10-26-57(54)64)48-35-31-45(32-36-48)46-33-37-49(38-34-46)73-42-40-63-58-27-13-16-30-61(58)71-67(69(63)73)66-59-28-14-11-24-55(59)56-25-12-15-29-60(56)70(66)74(71)50-18-3-2-4-19-50/h2-43H,1H3. The van der Waals surface area contributed by atoms with Crippen molar-refractivity contribution in [3.8, 4) is 39.3 Å². The Balaban J connectivity index is 0.863. The fourth-order valence-electron chi connectivity index (χ4n) is 13.0. The maximum absolute atomic E-state index is 2.54. The van der Waals surface area contributed by atoms with Gasteiger partial charge in [0, 0.05) is 67.3 Å². The third-order valence-electron chi connectivity index (χ3n) is 16.2. The van der Waals surface area contributed by atoms with Crippen molar-refractivity contribution in [3.05, 3.63) is 261 Å². The molecule has 0 amide bonds. The van der Waals surface area contributed by atoms with Gasteiger partial charge < -0.3 is 13.7 Å². The van der Waals surface area contributed by atoms with Crippen molar-refractivity contribution in [2.24, 2.45) is 0 Å². The molecule has 344 valence electrons. The van der Waals surface area contributed by atoms with Gasteiger partial charge in [-0.2, -0.15) is 0 Å². The molecule has 3 heterocycles. The van der Waals surface area contributed by atoms with Crippen LogP contribution in [0.1, 0.15) is 5.56 Å². The van der Waals surface area contributed by atoms with Crippen LogP contribution in [-0.2, 0) is 0 Å². The Labute approximate surface area is 426 Å². The first-order valence-electron chi connectivity index (χ1n) is 25.7. The number of para-hydroxylation sites is 1. The van der Waals surface area contributed by atoms with Gasteiger partial charge in [0.05, 0.1) is 22.1 Å². The summed E-state index contributed by atoms with van der Waals surface area (Å²) in [5, 5.41) is 20.2. The maximum Gasteiger partial charge on any atom is 0.0641 e. The van der Waals surface area contributed by atoms with Crippen molar-refractivity contribution >= 4 is 108 Å². The third kappa shape index (κ3) is 5.72. The van der Waals surface area contributed by atoms with Gasteiger partial charge >= 0.3 is 0 Å². The van der Waals surface area contributed by atoms with Crippen LogP contribution in [0.4, 0.5) is 0 Å². The summed E-state index contributed by atoms with van der Waals surface area (Å²) >= 11 is 0. The Bertz CT molecular complexity index is 4990. The Morgan fingerprint density at radius 1 is 0.270 bits per heavy atom. The highest BCUT2D eigenvalue weighted by Gasteiger charge is 2.26. The van der Waals surface area contributed by atoms with Gasteiger partial charge in [-0.1, -0.05) is 188 Å². The number of aromatic nitrogens is 3. The van der Waals surface area contributed by atoms with Crippen LogP contribution < -0.4 is 0 Å². The van der Waals surface area contributed by atoms with Gasteiger partial charge in [0.25, 0.3) is 0 Å². The second-order valence-corrected chi connectivity index (χ2v) is 20.0. The van der Waals surface area contributed by atoms with Crippen LogP contribution in [0, 0.1) is 6.92 Å². The van der Waals surface area contributed by atoms with Crippen molar-refractivity contribution in [3.63, 3.8) is 0 Å². The summed E-state index contributed by atoms with van der Waals surface area (Å²) in [6.45, 7) is 2.30. The molecule has 16 rings (SSSR count). The first kappa shape index (κ1) is 41.0. The quantitative estimate of drug-likeness (QED) is 0.153. The molecule has 0 fully saturated rings. The molecule has 0 N–H and O–H groups in total. The molecular weight excluding hydrogens is 895 g/mol. The molecule has 3 heteroatoms. The van der Waals surface area contributed by atoms with E-state index in [1.807, 2.05) is 0 Å². The minimum absolute atomic E-state index is 1.12. The number of nitrogens with zero attached hydrogens (tertiary/aromatic N) is 3. The van der Waals surface area contributed by atoms with Crippen molar-refractivity contribution in [1.29, 1.82) is 0 Å². The van der Waals surface area contributed by atoms with Gasteiger partial charge in [-0.25, -0.2) is 0 Å². The van der Waals surface area contributed by atoms with Crippen molar-refractivity contribution < 1.29 is 0 Å². The molecule has 3 aromatic heterocycles. The smallest absolute Gasteiger partial charge is 0.0641 e. The lowest BCUT2D eigenvalue weighted by atomic mass is 9.87. The van der Waals surface area contributed by atoms with Crippen LogP contribution in [0.15, 0.2) is 255 Å². The van der Waals surface area contributed by atoms with Gasteiger partial charge in [0.2, 0.25) is 0 Å². The number of rotatable bonds is 5. The summed E-state index contributed by atoms with van der Waals surface area (Å²) in [7, 11) is 0. The highest BCUT2D eigenvalue weighted by Crippen LogP contribution is 2.49. The molecule has 0 saturated carbocycles. The average molecular weight is 940 g/mol. The molecule has 3 nitrogen and oxygen atoms in total. The summed E-state index contributed by atoms with van der Waals surface area (Å²) < 4.78 is 7.37. The zero-order valence-corrected chi connectivity index (χ0v) is 40.6. The molecule has 13 aromatic carbocycles. The molecule has 0 saturated heterocycles. The fraction of sp³-hybridized carbons (Fsp3) is 0.0141. The lowest BCUT2D eigenvalue weighted by molar-refractivity contribution is 1.13. The van der Waals surface area contributed by atoms with Gasteiger partial charge in [-0.3, -0.25) is 0 Å². The normalized spacial score (nSPS) is 12.1. The SMILES string of the molecule is Cc1c(-c2cc3ccccc3c3ccccc23)c2c(ccn2-c2ccc(-c3ccc(-n4ccc5c6ccccc6c6c(c7c8ccccc8c8ccccc8c7n6-c6ccccc6)c54)cc3)cc2)c2ccccc12. The maximum atomic E-state index is 2.54. The summed E-state index contributed by atoms with van der Waals surface area (Å²) in [5.41, 5.74) is 14.5. The average Bonchev–Trinajstić information content (AvgIpc) is 4.25. The van der Waals surface area contributed by atoms with E-state index >= 15 is 0 Å². The van der Waals surface area contributed by atoms with E-state index in [4.69, 9.17) is 0 Å². The minimum Gasteiger partial charge on any atom is -0.316 e. The van der Waals surface area contributed by atoms with Crippen LogP contribution >= 0.6 is 0 Å². The topological polar surface area (TPSA) is 14.8 Å². The van der Waals surface area contributed by atoms with E-state index in [2.05, 4.69) is 276 Å². The van der Waals surface area contributed by atoms with Gasteiger partial charge in [-0.15, -0.1) is 0 Å². The Morgan fingerprint density at radius 2 is 0.676 bits per heavy atom. The van der Waals surface area contributed by atoms with Crippen LogP contribution in [0.5, 0.6) is 0 Å². The number of hydrogen-bond donors (Lipinski definition) is 0. The van der Waals surface area contributed by atoms with Gasteiger partial charge in [0.15, 0.2) is 0 Å². The van der Waals surface area contributed by atoms with E-state index in [9.17, 15) is 0 Å². The van der Waals surface area contributed by atoms with Crippen molar-refractivity contribution in [2.75, 3.05) is 0 Å². The van der Waals surface area contributed by atoms with Crippen LogP contribution in [-0.4, -0.2) is 13.7 Å². The molecule has 0 aliphatic carbocycles. The molecule has 0 spiro atoms. The molecule has 0 atom stereocenters. The molecular formula is C71H45N3. The second-order valence-electron chi connectivity index (χ2n) is 20.0. The minimum atomic E-state index is 1.12. The first-order chi connectivity index (χ1) is 36.7. The molecule has 0 unspecified atom stereocenters. The van der Waals surface area contributed by atoms with Crippen molar-refractivity contribution in [1.82, 2.24) is 13.7 Å². The van der Waals surface area contributed by atoms with Crippen LogP contribution in [0.3, 0.4) is 0 Å². The lowest BCUT2D eigenvalue weighted by Crippen LogP contribution is -1.98. The largest absolute Gasteiger partial charge is 0.316 e. The summed E-state index contributed by atoms with van der Waals surface area (Å²) in [6.07, 6.45) is 4.54. The first-order valence-corrected chi connectivity index (χ1v) is 25.7. The van der Waals surface area contributed by atoms with Crippen molar-refractivity contribution in [2.45, 2.75) is 6.92 Å². The molecule has 74 heavy (non-hydrogen) atoms. The van der Waals surface area contributed by atoms with E-state index < -0.39 is 0 Å². The second kappa shape index (κ2) is 15.6. The molecule has 0 aliphatic rings. The van der Waals surface area contributed by atoms with Crippen LogP contribution in [0.2, 0.25) is 0 Å². The highest BCUT2D eigenvalue weighted by molar-refractivity contribution is 6.40. The van der Waals surface area contributed by atoms with E-state index in [1.165, 1.54) is 136 Å². The third-order valence-corrected chi connectivity index (χ3v) is 16.2. The summed E-state index contributed by atoms with van der Waals surface area (Å²) in [4.78, 5) is 0. The number of hydrogen-bond acceptors (Lipinski definition) is 0. The van der Waals surface area contributed by atoms with Crippen LogP contribution in [0.25, 0.3) is 148 Å². The molecule has 0 radical (unpaired) electrons. The Kier molecular flexibility index (Phi) is 8.66. The molecule has 0 bridgehead atoms. The monoisotopic (exact) mass is 939 g/mol. The number of benzene rings is 13. The van der Waals surface area contributed by atoms with Gasteiger partial charge in [-0.05, 0) is 138 Å². The fourth-order valence-corrected chi connectivity index (χ4v) is 13.0. The molecule has 16 aromatic rings. The number of aryl methyl sites for hydroxylation is 1. The predicted octanol–water partition coefficient (Wildman–Crippen LogP) is 19.2. The zero-order chi connectivity index (χ0) is 48.6. The highest BCUT2D eigenvalue weighted by atomic mass is 15.0. The van der Waals surface area contributed by atoms with Gasteiger partial charge in [0.1, 0.15) is 0 Å². The summed E-state index contributed by atoms with van der Waals surface area (Å²) in [5.74, 6) is 0. The predicted molar refractivity (Wildman–Crippen MR) is 315 cm³/mol. The Morgan fingerprint density at radius 3 is 1.28 bits per heavy atom. The summed E-state index contributed by atoms with van der Waals surface area (Å²) in [6, 6.07) is 89.7. The number of fused-ring (bicyclic) bond motifs is 19. The van der Waals surface area contributed by atoms with E-state index in [0.29, 0.717) is 0 Å². The Hall–Kier alpha value is -9.70. The van der Waals surface area contributed by atoms with E-state index in [-0.39, 0.29) is 0 Å². The van der Waals surface area contributed by atoms with E-state index in [0.717, 1.165) is 17.1 Å². The zero-order valence-electron chi connectivity index (χ0n) is 40.6. The molecule has 0 aliphatic heterocycles. The lowest BCUT2D eigenvalue weighted by Gasteiger charge is -2.19. The van der Waals surface area contributed by atoms with E-state index in [1.54, 1.807) is 0 Å².